The summed E-state index contributed by atoms with van der Waals surface area (Å²) in [6, 6.07) is 14.0. The molecule has 2 amide bonds. The Balaban J connectivity index is 1.68. The number of aliphatic hydroxyl groups is 1. The van der Waals surface area contributed by atoms with E-state index in [9.17, 15) is 14.7 Å². The lowest BCUT2D eigenvalue weighted by molar-refractivity contribution is -0.130. The summed E-state index contributed by atoms with van der Waals surface area (Å²) in [5, 5.41) is 10.3. The van der Waals surface area contributed by atoms with Crippen molar-refractivity contribution in [3.8, 4) is 0 Å². The maximum Gasteiger partial charge on any atom is 0.417 e. The summed E-state index contributed by atoms with van der Waals surface area (Å²) >= 11 is 6.10. The predicted octanol–water partition coefficient (Wildman–Crippen LogP) is 3.52. The third-order valence-electron chi connectivity index (χ3n) is 4.33. The molecule has 0 aliphatic carbocycles. The normalized spacial score (nSPS) is 21.1. The average molecular weight is 387 g/mol. The molecule has 1 saturated heterocycles. The second kappa shape index (κ2) is 8.33. The molecule has 0 spiro atoms. The van der Waals surface area contributed by atoms with Crippen LogP contribution < -0.4 is 0 Å². The molecule has 27 heavy (non-hydrogen) atoms. The Kier molecular flexibility index (Phi) is 5.88. The number of carbonyl (C=O) groups excluding carboxylic acids is 2. The van der Waals surface area contributed by atoms with Gasteiger partial charge in [0, 0.05) is 11.2 Å². The number of imide groups is 1. The van der Waals surface area contributed by atoms with E-state index in [-0.39, 0.29) is 11.5 Å². The number of rotatable bonds is 5. The Labute approximate surface area is 162 Å². The molecule has 7 heteroatoms. The van der Waals surface area contributed by atoms with Crippen molar-refractivity contribution in [2.45, 2.75) is 31.6 Å². The van der Waals surface area contributed by atoms with Crippen LogP contribution in [0.15, 0.2) is 59.8 Å². The molecule has 6 nitrogen and oxygen atoms in total. The van der Waals surface area contributed by atoms with Crippen molar-refractivity contribution in [2.75, 3.05) is 0 Å². The van der Waals surface area contributed by atoms with Gasteiger partial charge in [-0.3, -0.25) is 9.78 Å². The fraction of sp³-hybridized carbons (Fsp3) is 0.250. The van der Waals surface area contributed by atoms with Crippen LogP contribution in [0.2, 0.25) is 0 Å². The second-order valence-electron chi connectivity index (χ2n) is 6.22. The zero-order chi connectivity index (χ0) is 19.4. The summed E-state index contributed by atoms with van der Waals surface area (Å²) in [6.07, 6.45) is 0.245. The number of aromatic nitrogens is 1. The fourth-order valence-electron chi connectivity index (χ4n) is 2.94. The van der Waals surface area contributed by atoms with Gasteiger partial charge in [0.2, 0.25) is 5.91 Å². The lowest BCUT2D eigenvalue weighted by atomic mass is 10.0. The Morgan fingerprint density at radius 3 is 2.67 bits per heavy atom. The molecule has 2 heterocycles. The van der Waals surface area contributed by atoms with Gasteiger partial charge in [-0.25, -0.2) is 9.69 Å². The van der Waals surface area contributed by atoms with E-state index in [2.05, 4.69) is 4.98 Å². The van der Waals surface area contributed by atoms with Crippen LogP contribution in [-0.2, 0) is 9.53 Å². The quantitative estimate of drug-likeness (QED) is 0.850. The van der Waals surface area contributed by atoms with Crippen molar-refractivity contribution in [1.82, 2.24) is 9.88 Å². The first-order chi connectivity index (χ1) is 13.0. The van der Waals surface area contributed by atoms with E-state index in [1.807, 2.05) is 30.3 Å². The van der Waals surface area contributed by atoms with E-state index in [0.29, 0.717) is 5.69 Å². The van der Waals surface area contributed by atoms with Crippen LogP contribution in [0.4, 0.5) is 4.79 Å². The smallest absolute Gasteiger partial charge is 0.417 e. The van der Waals surface area contributed by atoms with Crippen LogP contribution in [0.3, 0.4) is 0 Å². The van der Waals surface area contributed by atoms with Crippen LogP contribution in [-0.4, -0.2) is 39.1 Å². The Hall–Kier alpha value is -2.70. The second-order valence-corrected chi connectivity index (χ2v) is 6.66. The van der Waals surface area contributed by atoms with Gasteiger partial charge in [-0.1, -0.05) is 48.0 Å². The molecule has 1 aliphatic rings. The summed E-state index contributed by atoms with van der Waals surface area (Å²) in [4.78, 5) is 29.9. The SMILES string of the molecule is C[C@H]1[C@@H](c2ccccc2)OC(=O)N1C(=O)C[C@@H](O)/C(Cl)=C\c1ccccn1. The maximum atomic E-state index is 12.6. The molecule has 1 fully saturated rings. The summed E-state index contributed by atoms with van der Waals surface area (Å²) < 4.78 is 5.36. The Morgan fingerprint density at radius 2 is 2.00 bits per heavy atom. The molecule has 0 radical (unpaired) electrons. The van der Waals surface area contributed by atoms with Crippen LogP contribution in [0.5, 0.6) is 0 Å². The largest absolute Gasteiger partial charge is 0.439 e. The first-order valence-corrected chi connectivity index (χ1v) is 8.89. The third-order valence-corrected chi connectivity index (χ3v) is 4.69. The zero-order valence-electron chi connectivity index (χ0n) is 14.7. The van der Waals surface area contributed by atoms with Gasteiger partial charge in [0.1, 0.15) is 6.10 Å². The molecule has 1 aliphatic heterocycles. The molecule has 0 saturated carbocycles. The average Bonchev–Trinajstić information content (AvgIpc) is 2.97. The van der Waals surface area contributed by atoms with Crippen LogP contribution >= 0.6 is 11.6 Å². The maximum absolute atomic E-state index is 12.6. The lowest BCUT2D eigenvalue weighted by Crippen LogP contribution is -2.39. The minimum atomic E-state index is -1.24. The predicted molar refractivity (Wildman–Crippen MR) is 101 cm³/mol. The molecule has 2 aromatic rings. The molecule has 0 unspecified atom stereocenters. The number of amides is 2. The molecular weight excluding hydrogens is 368 g/mol. The summed E-state index contributed by atoms with van der Waals surface area (Å²) in [5.74, 6) is -0.550. The minimum Gasteiger partial charge on any atom is -0.439 e. The standard InChI is InChI=1S/C20H19ClN2O4/c1-13-19(14-7-3-2-4-8-14)27-20(26)23(13)18(25)12-17(24)16(21)11-15-9-5-6-10-22-15/h2-11,13,17,19,24H,12H2,1H3/b16-11+/t13-,17+,19-/m0/s1. The van der Waals surface area contributed by atoms with Crippen molar-refractivity contribution in [3.05, 3.63) is 71.0 Å². The fourth-order valence-corrected chi connectivity index (χ4v) is 3.13. The Bertz CT molecular complexity index is 842. The number of hydrogen-bond donors (Lipinski definition) is 1. The number of ether oxygens (including phenoxy) is 1. The van der Waals surface area contributed by atoms with Gasteiger partial charge in [0.15, 0.2) is 0 Å². The number of aliphatic hydroxyl groups excluding tert-OH is 1. The van der Waals surface area contributed by atoms with Crippen molar-refractivity contribution in [2.24, 2.45) is 0 Å². The lowest BCUT2D eigenvalue weighted by Gasteiger charge is -2.20. The molecule has 1 aromatic carbocycles. The van der Waals surface area contributed by atoms with Gasteiger partial charge < -0.3 is 9.84 Å². The summed E-state index contributed by atoms with van der Waals surface area (Å²) in [5.41, 5.74) is 1.37. The van der Waals surface area contributed by atoms with E-state index < -0.39 is 30.3 Å². The van der Waals surface area contributed by atoms with E-state index in [4.69, 9.17) is 16.3 Å². The minimum absolute atomic E-state index is 0.0712. The molecule has 1 N–H and O–H groups in total. The monoisotopic (exact) mass is 386 g/mol. The summed E-state index contributed by atoms with van der Waals surface area (Å²) in [7, 11) is 0. The van der Waals surface area contributed by atoms with Crippen molar-refractivity contribution in [3.63, 3.8) is 0 Å². The topological polar surface area (TPSA) is 79.7 Å². The molecular formula is C20H19ClN2O4. The highest BCUT2D eigenvalue weighted by atomic mass is 35.5. The van der Waals surface area contributed by atoms with Gasteiger partial charge in [-0.05, 0) is 30.7 Å². The third kappa shape index (κ3) is 4.35. The number of benzene rings is 1. The number of carbonyl (C=O) groups is 2. The number of pyridine rings is 1. The summed E-state index contributed by atoms with van der Waals surface area (Å²) in [6.45, 7) is 1.73. The highest BCUT2D eigenvalue weighted by Gasteiger charge is 2.43. The Morgan fingerprint density at radius 1 is 1.30 bits per heavy atom. The van der Waals surface area contributed by atoms with E-state index in [0.717, 1.165) is 10.5 Å². The van der Waals surface area contributed by atoms with Crippen LogP contribution in [0.1, 0.15) is 30.7 Å². The molecule has 0 bridgehead atoms. The molecule has 3 rings (SSSR count). The van der Waals surface area contributed by atoms with Gasteiger partial charge >= 0.3 is 6.09 Å². The number of halogens is 1. The van der Waals surface area contributed by atoms with Crippen molar-refractivity contribution < 1.29 is 19.4 Å². The van der Waals surface area contributed by atoms with Crippen molar-refractivity contribution >= 4 is 29.7 Å². The first kappa shape index (κ1) is 19.1. The van der Waals surface area contributed by atoms with Crippen LogP contribution in [0, 0.1) is 0 Å². The van der Waals surface area contributed by atoms with E-state index in [1.54, 1.807) is 31.3 Å². The van der Waals surface area contributed by atoms with E-state index in [1.165, 1.54) is 6.08 Å². The van der Waals surface area contributed by atoms with Crippen LogP contribution in [0.25, 0.3) is 6.08 Å². The zero-order valence-corrected chi connectivity index (χ0v) is 15.4. The molecule has 3 atom stereocenters. The first-order valence-electron chi connectivity index (χ1n) is 8.51. The van der Waals surface area contributed by atoms with Gasteiger partial charge in [-0.2, -0.15) is 0 Å². The van der Waals surface area contributed by atoms with Gasteiger partial charge in [0.05, 0.1) is 24.3 Å². The highest BCUT2D eigenvalue weighted by Crippen LogP contribution is 2.33. The highest BCUT2D eigenvalue weighted by molar-refractivity contribution is 6.32. The van der Waals surface area contributed by atoms with E-state index >= 15 is 0 Å². The molecule has 1 aromatic heterocycles. The molecule has 140 valence electrons. The number of cyclic esters (lactones) is 1. The number of nitrogens with zero attached hydrogens (tertiary/aromatic N) is 2. The van der Waals surface area contributed by atoms with Crippen molar-refractivity contribution in [1.29, 1.82) is 0 Å². The number of hydrogen-bond acceptors (Lipinski definition) is 5. The van der Waals surface area contributed by atoms with Gasteiger partial charge in [0.25, 0.3) is 0 Å². The van der Waals surface area contributed by atoms with Gasteiger partial charge in [-0.15, -0.1) is 0 Å².